The first-order chi connectivity index (χ1) is 6.08. The molecule has 0 aromatic carbocycles. The summed E-state index contributed by atoms with van der Waals surface area (Å²) >= 11 is 0. The molecule has 0 fully saturated rings. The van der Waals surface area contributed by atoms with Crippen molar-refractivity contribution in [3.05, 3.63) is 29.6 Å². The number of hydrogen-bond acceptors (Lipinski definition) is 2. The third kappa shape index (κ3) is 1.48. The zero-order valence-electron chi connectivity index (χ0n) is 8.00. The monoisotopic (exact) mass is 175 g/mol. The Labute approximate surface area is 78.0 Å². The summed E-state index contributed by atoms with van der Waals surface area (Å²) in [7, 11) is 0. The predicted octanol–water partition coefficient (Wildman–Crippen LogP) is 2.24. The van der Waals surface area contributed by atoms with Crippen LogP contribution in [0.4, 0.5) is 0 Å². The highest BCUT2D eigenvalue weighted by molar-refractivity contribution is 5.98. The van der Waals surface area contributed by atoms with Gasteiger partial charge >= 0.3 is 0 Å². The highest BCUT2D eigenvalue weighted by atomic mass is 16.1. The largest absolute Gasteiger partial charge is 0.294 e. The van der Waals surface area contributed by atoms with Gasteiger partial charge in [-0.1, -0.05) is 13.8 Å². The lowest BCUT2D eigenvalue weighted by atomic mass is 9.76. The molecule has 0 saturated carbocycles. The quantitative estimate of drug-likeness (QED) is 0.605. The molecular formula is C11H13NO. The Morgan fingerprint density at radius 1 is 1.38 bits per heavy atom. The van der Waals surface area contributed by atoms with E-state index in [0.29, 0.717) is 6.42 Å². The highest BCUT2D eigenvalue weighted by Crippen LogP contribution is 2.33. The molecule has 0 aliphatic heterocycles. The molecule has 0 saturated heterocycles. The standard InChI is InChI=1S/C11H13NO/c1-11(2)6-9-8(10(13)7-11)4-3-5-12-9/h3-5H,6-7H2,1-2H3. The molecule has 1 aliphatic carbocycles. The molecule has 0 bridgehead atoms. The summed E-state index contributed by atoms with van der Waals surface area (Å²) < 4.78 is 0. The van der Waals surface area contributed by atoms with E-state index in [1.54, 1.807) is 6.20 Å². The van der Waals surface area contributed by atoms with E-state index < -0.39 is 0 Å². The minimum atomic E-state index is 0.0818. The van der Waals surface area contributed by atoms with Crippen molar-refractivity contribution in [2.45, 2.75) is 26.7 Å². The smallest absolute Gasteiger partial charge is 0.165 e. The number of carbonyl (C=O) groups is 1. The number of aromatic nitrogens is 1. The molecule has 1 aromatic heterocycles. The van der Waals surface area contributed by atoms with E-state index >= 15 is 0 Å². The van der Waals surface area contributed by atoms with Crippen LogP contribution in [-0.2, 0) is 6.42 Å². The Kier molecular flexibility index (Phi) is 1.72. The van der Waals surface area contributed by atoms with Crippen LogP contribution >= 0.6 is 0 Å². The first kappa shape index (κ1) is 8.42. The predicted molar refractivity (Wildman–Crippen MR) is 50.7 cm³/mol. The third-order valence-corrected chi connectivity index (χ3v) is 2.48. The molecule has 2 nitrogen and oxygen atoms in total. The molecular weight excluding hydrogens is 162 g/mol. The summed E-state index contributed by atoms with van der Waals surface area (Å²) in [6.45, 7) is 4.23. The summed E-state index contributed by atoms with van der Waals surface area (Å²) in [6.07, 6.45) is 3.31. The van der Waals surface area contributed by atoms with Crippen molar-refractivity contribution in [2.75, 3.05) is 0 Å². The minimum Gasteiger partial charge on any atom is -0.294 e. The maximum atomic E-state index is 11.7. The Hall–Kier alpha value is -1.18. The van der Waals surface area contributed by atoms with Crippen molar-refractivity contribution in [1.29, 1.82) is 0 Å². The number of ketones is 1. The second kappa shape index (κ2) is 2.66. The van der Waals surface area contributed by atoms with Gasteiger partial charge in [0.25, 0.3) is 0 Å². The molecule has 0 radical (unpaired) electrons. The van der Waals surface area contributed by atoms with Gasteiger partial charge in [0.05, 0.1) is 5.69 Å². The van der Waals surface area contributed by atoms with Crippen molar-refractivity contribution in [3.63, 3.8) is 0 Å². The highest BCUT2D eigenvalue weighted by Gasteiger charge is 2.31. The Balaban J connectivity index is 2.49. The number of carbonyl (C=O) groups excluding carboxylic acids is 1. The Morgan fingerprint density at radius 3 is 2.92 bits per heavy atom. The summed E-state index contributed by atoms with van der Waals surface area (Å²) in [5.74, 6) is 0.236. The second-order valence-corrected chi connectivity index (χ2v) is 4.44. The maximum Gasteiger partial charge on any atom is 0.165 e. The van der Waals surface area contributed by atoms with Crippen molar-refractivity contribution < 1.29 is 4.79 Å². The van der Waals surface area contributed by atoms with E-state index in [1.165, 1.54) is 0 Å². The van der Waals surface area contributed by atoms with Crippen LogP contribution in [0.15, 0.2) is 18.3 Å². The van der Waals surface area contributed by atoms with Crippen LogP contribution < -0.4 is 0 Å². The second-order valence-electron chi connectivity index (χ2n) is 4.44. The lowest BCUT2D eigenvalue weighted by molar-refractivity contribution is 0.0910. The molecule has 2 heteroatoms. The molecule has 68 valence electrons. The number of pyridine rings is 1. The molecule has 1 aromatic rings. The van der Waals surface area contributed by atoms with Crippen LogP contribution in [0.5, 0.6) is 0 Å². The number of nitrogens with zero attached hydrogens (tertiary/aromatic N) is 1. The summed E-state index contributed by atoms with van der Waals surface area (Å²) in [4.78, 5) is 15.9. The van der Waals surface area contributed by atoms with E-state index in [2.05, 4.69) is 18.8 Å². The van der Waals surface area contributed by atoms with Crippen molar-refractivity contribution >= 4 is 5.78 Å². The van der Waals surface area contributed by atoms with Gasteiger partial charge in [-0.15, -0.1) is 0 Å². The molecule has 0 unspecified atom stereocenters. The lowest BCUT2D eigenvalue weighted by Gasteiger charge is -2.28. The van der Waals surface area contributed by atoms with Crippen LogP contribution in [0.3, 0.4) is 0 Å². The van der Waals surface area contributed by atoms with Gasteiger partial charge in [-0.05, 0) is 24.0 Å². The van der Waals surface area contributed by atoms with E-state index in [0.717, 1.165) is 17.7 Å². The average molecular weight is 175 g/mol. The summed E-state index contributed by atoms with van der Waals surface area (Å²) in [6, 6.07) is 3.70. The fraction of sp³-hybridized carbons (Fsp3) is 0.455. The van der Waals surface area contributed by atoms with Crippen LogP contribution in [0.1, 0.15) is 36.3 Å². The third-order valence-electron chi connectivity index (χ3n) is 2.48. The molecule has 2 rings (SSSR count). The summed E-state index contributed by atoms with van der Waals surface area (Å²) in [5, 5.41) is 0. The van der Waals surface area contributed by atoms with Crippen LogP contribution in [-0.4, -0.2) is 10.8 Å². The van der Waals surface area contributed by atoms with Gasteiger partial charge in [0.2, 0.25) is 0 Å². The Bertz CT molecular complexity index is 355. The minimum absolute atomic E-state index is 0.0818. The lowest BCUT2D eigenvalue weighted by Crippen LogP contribution is -2.27. The van der Waals surface area contributed by atoms with Gasteiger partial charge in [-0.25, -0.2) is 0 Å². The van der Waals surface area contributed by atoms with Gasteiger partial charge in [-0.3, -0.25) is 9.78 Å². The van der Waals surface area contributed by atoms with Crippen molar-refractivity contribution in [3.8, 4) is 0 Å². The molecule has 0 spiro atoms. The van der Waals surface area contributed by atoms with Crippen molar-refractivity contribution in [1.82, 2.24) is 4.98 Å². The zero-order chi connectivity index (χ0) is 9.47. The van der Waals surface area contributed by atoms with Crippen LogP contribution in [0, 0.1) is 5.41 Å². The number of fused-ring (bicyclic) bond motifs is 1. The van der Waals surface area contributed by atoms with Crippen molar-refractivity contribution in [2.24, 2.45) is 5.41 Å². The van der Waals surface area contributed by atoms with E-state index in [-0.39, 0.29) is 11.2 Å². The molecule has 0 N–H and O–H groups in total. The molecule has 1 aliphatic rings. The van der Waals surface area contributed by atoms with E-state index in [4.69, 9.17) is 0 Å². The van der Waals surface area contributed by atoms with Gasteiger partial charge in [0, 0.05) is 18.2 Å². The fourth-order valence-corrected chi connectivity index (χ4v) is 1.88. The number of rotatable bonds is 0. The topological polar surface area (TPSA) is 30.0 Å². The maximum absolute atomic E-state index is 11.7. The van der Waals surface area contributed by atoms with Gasteiger partial charge in [-0.2, -0.15) is 0 Å². The number of hydrogen-bond donors (Lipinski definition) is 0. The van der Waals surface area contributed by atoms with Crippen LogP contribution in [0.25, 0.3) is 0 Å². The molecule has 0 amide bonds. The Morgan fingerprint density at radius 2 is 2.15 bits per heavy atom. The van der Waals surface area contributed by atoms with Gasteiger partial charge in [0.1, 0.15) is 0 Å². The fourth-order valence-electron chi connectivity index (χ4n) is 1.88. The van der Waals surface area contributed by atoms with E-state index in [9.17, 15) is 4.79 Å². The van der Waals surface area contributed by atoms with Gasteiger partial charge < -0.3 is 0 Å². The first-order valence-corrected chi connectivity index (χ1v) is 4.56. The van der Waals surface area contributed by atoms with Gasteiger partial charge in [0.15, 0.2) is 5.78 Å². The molecule has 13 heavy (non-hydrogen) atoms. The molecule has 0 atom stereocenters. The normalized spacial score (nSPS) is 19.7. The number of Topliss-reactive ketones (excluding diaryl/α,β-unsaturated/α-hetero) is 1. The zero-order valence-corrected chi connectivity index (χ0v) is 8.00. The average Bonchev–Trinajstić information content (AvgIpc) is 2.02. The molecule has 1 heterocycles. The summed E-state index contributed by atoms with van der Waals surface area (Å²) in [5.41, 5.74) is 1.86. The SMILES string of the molecule is CC1(C)CC(=O)c2cccnc2C1. The van der Waals surface area contributed by atoms with E-state index in [1.807, 2.05) is 12.1 Å². The first-order valence-electron chi connectivity index (χ1n) is 4.56. The van der Waals surface area contributed by atoms with Crippen LogP contribution in [0.2, 0.25) is 0 Å².